The third kappa shape index (κ3) is 3.70. The first kappa shape index (κ1) is 15.1. The predicted octanol–water partition coefficient (Wildman–Crippen LogP) is 4.17. The summed E-state index contributed by atoms with van der Waals surface area (Å²) in [6.45, 7) is 2.82. The van der Waals surface area contributed by atoms with Crippen LogP contribution in [0.2, 0.25) is 0 Å². The molecule has 2 N–H and O–H groups in total. The number of carbonyl (C=O) groups excluding carboxylic acids is 1. The molecule has 0 unspecified atom stereocenters. The van der Waals surface area contributed by atoms with E-state index in [-0.39, 0.29) is 11.6 Å². The second-order valence-corrected chi connectivity index (χ2v) is 6.69. The van der Waals surface area contributed by atoms with Gasteiger partial charge in [0.05, 0.1) is 5.54 Å². The van der Waals surface area contributed by atoms with Crippen molar-refractivity contribution in [2.45, 2.75) is 57.4 Å². The highest BCUT2D eigenvalue weighted by molar-refractivity contribution is 5.75. The third-order valence-corrected chi connectivity index (χ3v) is 4.82. The molecule has 0 spiro atoms. The Morgan fingerprint density at radius 2 is 1.95 bits per heavy atom. The molecule has 0 aliphatic heterocycles. The fraction of sp³-hybridized carbons (Fsp3) is 0.526. The molecule has 3 heteroatoms. The van der Waals surface area contributed by atoms with Crippen molar-refractivity contribution < 1.29 is 4.79 Å². The van der Waals surface area contributed by atoms with Gasteiger partial charge in [0.25, 0.3) is 0 Å². The second kappa shape index (κ2) is 6.55. The molecule has 118 valence electrons. The lowest BCUT2D eigenvalue weighted by atomic mass is 9.97. The second-order valence-electron chi connectivity index (χ2n) is 6.69. The van der Waals surface area contributed by atoms with Crippen LogP contribution in [0.3, 0.4) is 0 Å². The maximum atomic E-state index is 12.1. The summed E-state index contributed by atoms with van der Waals surface area (Å²) in [7, 11) is 0. The Balaban J connectivity index is 1.47. The van der Waals surface area contributed by atoms with Crippen molar-refractivity contribution in [2.24, 2.45) is 0 Å². The van der Waals surface area contributed by atoms with E-state index in [2.05, 4.69) is 47.9 Å². The minimum Gasteiger partial charge on any atom is -0.338 e. The predicted molar refractivity (Wildman–Crippen MR) is 89.8 cm³/mol. The summed E-state index contributed by atoms with van der Waals surface area (Å²) in [5.74, 6) is 0. The quantitative estimate of drug-likeness (QED) is 0.787. The number of aryl methyl sites for hydroxylation is 1. The van der Waals surface area contributed by atoms with Crippen molar-refractivity contribution >= 4 is 6.03 Å². The highest BCUT2D eigenvalue weighted by Crippen LogP contribution is 2.45. The van der Waals surface area contributed by atoms with Gasteiger partial charge in [0.15, 0.2) is 0 Å². The Morgan fingerprint density at radius 1 is 1.18 bits per heavy atom. The average Bonchev–Trinajstić information content (AvgIpc) is 3.29. The van der Waals surface area contributed by atoms with E-state index in [4.69, 9.17) is 0 Å². The van der Waals surface area contributed by atoms with Gasteiger partial charge in [-0.05, 0) is 57.4 Å². The minimum absolute atomic E-state index is 0.0329. The highest BCUT2D eigenvalue weighted by atomic mass is 16.2. The van der Waals surface area contributed by atoms with Gasteiger partial charge in [0.2, 0.25) is 0 Å². The van der Waals surface area contributed by atoms with Crippen molar-refractivity contribution in [1.29, 1.82) is 0 Å². The van der Waals surface area contributed by atoms with Gasteiger partial charge in [-0.25, -0.2) is 4.79 Å². The van der Waals surface area contributed by atoms with E-state index in [0.29, 0.717) is 0 Å². The lowest BCUT2D eigenvalue weighted by molar-refractivity contribution is 0.236. The SMILES string of the molecule is Cc1ccc(C2(NC(=O)NCCC3=CCCCC3)CC2)cc1. The molecular formula is C19H26N2O. The van der Waals surface area contributed by atoms with E-state index in [1.165, 1.54) is 42.4 Å². The van der Waals surface area contributed by atoms with E-state index in [0.717, 1.165) is 25.8 Å². The molecule has 0 aromatic heterocycles. The zero-order valence-corrected chi connectivity index (χ0v) is 13.5. The van der Waals surface area contributed by atoms with E-state index in [9.17, 15) is 4.79 Å². The minimum atomic E-state index is -0.123. The lowest BCUT2D eigenvalue weighted by Crippen LogP contribution is -2.42. The lowest BCUT2D eigenvalue weighted by Gasteiger charge is -2.19. The first-order valence-corrected chi connectivity index (χ1v) is 8.49. The smallest absolute Gasteiger partial charge is 0.315 e. The van der Waals surface area contributed by atoms with Crippen LogP contribution in [-0.2, 0) is 5.54 Å². The van der Waals surface area contributed by atoms with Gasteiger partial charge >= 0.3 is 6.03 Å². The molecule has 3 rings (SSSR count). The topological polar surface area (TPSA) is 41.1 Å². The van der Waals surface area contributed by atoms with Crippen LogP contribution < -0.4 is 10.6 Å². The summed E-state index contributed by atoms with van der Waals surface area (Å²) in [5.41, 5.74) is 3.86. The molecule has 2 amide bonds. The Hall–Kier alpha value is -1.77. The van der Waals surface area contributed by atoms with Gasteiger partial charge in [-0.15, -0.1) is 0 Å². The Labute approximate surface area is 133 Å². The standard InChI is InChI=1S/C19H26N2O/c1-15-7-9-17(10-8-15)19(12-13-19)21-18(22)20-14-11-16-5-3-2-4-6-16/h5,7-10H,2-4,6,11-14H2,1H3,(H2,20,21,22). The first-order chi connectivity index (χ1) is 10.7. The van der Waals surface area contributed by atoms with E-state index in [1.54, 1.807) is 0 Å². The molecule has 2 aliphatic rings. The molecule has 3 nitrogen and oxygen atoms in total. The summed E-state index contributed by atoms with van der Waals surface area (Å²) < 4.78 is 0. The molecule has 22 heavy (non-hydrogen) atoms. The molecule has 0 heterocycles. The Kier molecular flexibility index (Phi) is 4.51. The van der Waals surface area contributed by atoms with Crippen LogP contribution in [0.15, 0.2) is 35.9 Å². The fourth-order valence-corrected chi connectivity index (χ4v) is 3.21. The van der Waals surface area contributed by atoms with E-state index in [1.807, 2.05) is 0 Å². The number of rotatable bonds is 5. The number of hydrogen-bond donors (Lipinski definition) is 2. The summed E-state index contributed by atoms with van der Waals surface area (Å²) in [6, 6.07) is 8.47. The maximum Gasteiger partial charge on any atom is 0.315 e. The number of allylic oxidation sites excluding steroid dienone is 1. The normalized spacial score (nSPS) is 19.2. The van der Waals surface area contributed by atoms with Gasteiger partial charge in [0.1, 0.15) is 0 Å². The summed E-state index contributed by atoms with van der Waals surface area (Å²) in [5, 5.41) is 6.19. The van der Waals surface area contributed by atoms with Crippen molar-refractivity contribution in [1.82, 2.24) is 10.6 Å². The molecule has 1 saturated carbocycles. The van der Waals surface area contributed by atoms with Crippen LogP contribution in [-0.4, -0.2) is 12.6 Å². The van der Waals surface area contributed by atoms with Gasteiger partial charge < -0.3 is 10.6 Å². The molecule has 0 bridgehead atoms. The summed E-state index contributed by atoms with van der Waals surface area (Å²) in [4.78, 5) is 12.1. The van der Waals surface area contributed by atoms with Crippen LogP contribution >= 0.6 is 0 Å². The number of nitrogens with one attached hydrogen (secondary N) is 2. The van der Waals surface area contributed by atoms with E-state index < -0.39 is 0 Å². The van der Waals surface area contributed by atoms with Crippen molar-refractivity contribution in [2.75, 3.05) is 6.54 Å². The van der Waals surface area contributed by atoms with Gasteiger partial charge in [-0.3, -0.25) is 0 Å². The molecule has 0 radical (unpaired) electrons. The van der Waals surface area contributed by atoms with Crippen LogP contribution in [0.5, 0.6) is 0 Å². The number of benzene rings is 1. The van der Waals surface area contributed by atoms with Crippen LogP contribution in [0.1, 0.15) is 56.1 Å². The molecule has 0 saturated heterocycles. The highest BCUT2D eigenvalue weighted by Gasteiger charge is 2.45. The maximum absolute atomic E-state index is 12.1. The molecular weight excluding hydrogens is 272 g/mol. The van der Waals surface area contributed by atoms with Crippen molar-refractivity contribution in [3.8, 4) is 0 Å². The summed E-state index contributed by atoms with van der Waals surface area (Å²) >= 11 is 0. The van der Waals surface area contributed by atoms with Gasteiger partial charge in [-0.2, -0.15) is 0 Å². The molecule has 2 aliphatic carbocycles. The van der Waals surface area contributed by atoms with E-state index >= 15 is 0 Å². The number of urea groups is 1. The van der Waals surface area contributed by atoms with Gasteiger partial charge in [0, 0.05) is 6.54 Å². The van der Waals surface area contributed by atoms with Crippen molar-refractivity contribution in [3.05, 3.63) is 47.0 Å². The van der Waals surface area contributed by atoms with Crippen molar-refractivity contribution in [3.63, 3.8) is 0 Å². The Bertz CT molecular complexity index is 555. The van der Waals surface area contributed by atoms with Gasteiger partial charge in [-0.1, -0.05) is 41.5 Å². The molecule has 0 atom stereocenters. The molecule has 1 aromatic rings. The molecule has 1 fully saturated rings. The average molecular weight is 298 g/mol. The fourth-order valence-electron chi connectivity index (χ4n) is 3.21. The van der Waals surface area contributed by atoms with Crippen LogP contribution in [0, 0.1) is 6.92 Å². The zero-order chi connectivity index (χ0) is 15.4. The zero-order valence-electron chi connectivity index (χ0n) is 13.5. The number of amides is 2. The Morgan fingerprint density at radius 3 is 2.59 bits per heavy atom. The van der Waals surface area contributed by atoms with Crippen LogP contribution in [0.25, 0.3) is 0 Å². The number of carbonyl (C=O) groups is 1. The van der Waals surface area contributed by atoms with Crippen LogP contribution in [0.4, 0.5) is 4.79 Å². The molecule has 1 aromatic carbocycles. The largest absolute Gasteiger partial charge is 0.338 e. The first-order valence-electron chi connectivity index (χ1n) is 8.49. The third-order valence-electron chi connectivity index (χ3n) is 4.82. The monoisotopic (exact) mass is 298 g/mol. The number of hydrogen-bond acceptors (Lipinski definition) is 1. The summed E-state index contributed by atoms with van der Waals surface area (Å²) in [6.07, 6.45) is 10.4.